The molecular weight excluding hydrogens is 266 g/mol. The lowest BCUT2D eigenvalue weighted by Crippen LogP contribution is -2.24. The highest BCUT2D eigenvalue weighted by Gasteiger charge is 2.10. The molecule has 0 amide bonds. The summed E-state index contributed by atoms with van der Waals surface area (Å²) in [5, 5.41) is 2.09. The van der Waals surface area contributed by atoms with Gasteiger partial charge in [0.1, 0.15) is 0 Å². The number of aryl methyl sites for hydroxylation is 1. The van der Waals surface area contributed by atoms with E-state index in [0.29, 0.717) is 5.88 Å². The second-order valence-corrected chi connectivity index (χ2v) is 5.33. The van der Waals surface area contributed by atoms with Crippen molar-refractivity contribution in [3.63, 3.8) is 0 Å². The summed E-state index contributed by atoms with van der Waals surface area (Å²) < 4.78 is 0. The first-order valence-electron chi connectivity index (χ1n) is 5.90. The number of alkyl halides is 1. The Morgan fingerprint density at radius 1 is 1.39 bits per heavy atom. The van der Waals surface area contributed by atoms with E-state index in [1.165, 1.54) is 4.88 Å². The minimum atomic E-state index is 0.424. The van der Waals surface area contributed by atoms with Gasteiger partial charge in [0.2, 0.25) is 5.95 Å². The van der Waals surface area contributed by atoms with E-state index in [-0.39, 0.29) is 0 Å². The summed E-state index contributed by atoms with van der Waals surface area (Å²) in [5.41, 5.74) is 1.84. The summed E-state index contributed by atoms with van der Waals surface area (Å²) >= 11 is 7.61. The third kappa shape index (κ3) is 3.21. The van der Waals surface area contributed by atoms with Crippen molar-refractivity contribution in [2.45, 2.75) is 26.3 Å². The van der Waals surface area contributed by atoms with Crippen LogP contribution in [0.15, 0.2) is 23.6 Å². The summed E-state index contributed by atoms with van der Waals surface area (Å²) in [7, 11) is 0. The van der Waals surface area contributed by atoms with Crippen molar-refractivity contribution < 1.29 is 0 Å². The Morgan fingerprint density at radius 3 is 2.83 bits per heavy atom. The maximum absolute atomic E-state index is 5.85. The molecule has 0 radical (unpaired) electrons. The number of halogens is 1. The zero-order valence-corrected chi connectivity index (χ0v) is 12.1. The van der Waals surface area contributed by atoms with Gasteiger partial charge in [0.05, 0.1) is 18.1 Å². The molecule has 2 rings (SSSR count). The highest BCUT2D eigenvalue weighted by molar-refractivity contribution is 7.09. The molecule has 2 aromatic rings. The van der Waals surface area contributed by atoms with Gasteiger partial charge in [-0.1, -0.05) is 6.07 Å². The number of hydrogen-bond donors (Lipinski definition) is 0. The molecule has 0 spiro atoms. The maximum Gasteiger partial charge on any atom is 0.226 e. The molecule has 0 saturated heterocycles. The Labute approximate surface area is 116 Å². The van der Waals surface area contributed by atoms with Gasteiger partial charge >= 0.3 is 0 Å². The van der Waals surface area contributed by atoms with E-state index >= 15 is 0 Å². The lowest BCUT2D eigenvalue weighted by atomic mass is 10.3. The first kappa shape index (κ1) is 13.3. The van der Waals surface area contributed by atoms with E-state index in [4.69, 9.17) is 11.6 Å². The molecule has 2 heterocycles. The van der Waals surface area contributed by atoms with Gasteiger partial charge in [-0.2, -0.15) is 0 Å². The smallest absolute Gasteiger partial charge is 0.226 e. The fraction of sp³-hybridized carbons (Fsp3) is 0.385. The average Bonchev–Trinajstić information content (AvgIpc) is 2.88. The molecule has 96 valence electrons. The van der Waals surface area contributed by atoms with Crippen molar-refractivity contribution in [3.8, 4) is 0 Å². The van der Waals surface area contributed by atoms with Gasteiger partial charge in [0.25, 0.3) is 0 Å². The normalized spacial score (nSPS) is 10.6. The Bertz CT molecular complexity index is 499. The van der Waals surface area contributed by atoms with Gasteiger partial charge < -0.3 is 4.90 Å². The van der Waals surface area contributed by atoms with E-state index in [2.05, 4.69) is 39.3 Å². The molecule has 0 atom stereocenters. The van der Waals surface area contributed by atoms with E-state index in [0.717, 1.165) is 30.4 Å². The third-order valence-electron chi connectivity index (χ3n) is 2.62. The number of rotatable bonds is 5. The molecule has 3 nitrogen and oxygen atoms in total. The number of anilines is 1. The molecule has 5 heteroatoms. The fourth-order valence-electron chi connectivity index (χ4n) is 1.74. The van der Waals surface area contributed by atoms with Crippen LogP contribution in [0.2, 0.25) is 0 Å². The van der Waals surface area contributed by atoms with Crippen LogP contribution in [0.5, 0.6) is 0 Å². The van der Waals surface area contributed by atoms with Gasteiger partial charge in [-0.05, 0) is 31.4 Å². The quantitative estimate of drug-likeness (QED) is 0.784. The molecule has 0 bridgehead atoms. The van der Waals surface area contributed by atoms with Crippen LogP contribution in [0.4, 0.5) is 5.95 Å². The van der Waals surface area contributed by atoms with Gasteiger partial charge in [-0.3, -0.25) is 0 Å². The molecule has 0 N–H and O–H groups in total. The highest BCUT2D eigenvalue weighted by Crippen LogP contribution is 2.17. The molecule has 18 heavy (non-hydrogen) atoms. The van der Waals surface area contributed by atoms with Gasteiger partial charge in [-0.15, -0.1) is 22.9 Å². The van der Waals surface area contributed by atoms with Gasteiger partial charge in [-0.25, -0.2) is 9.97 Å². The lowest BCUT2D eigenvalue weighted by molar-refractivity contribution is 0.790. The Balaban J connectivity index is 2.24. The molecular formula is C13H16ClN3S. The number of thiophene rings is 1. The van der Waals surface area contributed by atoms with Crippen molar-refractivity contribution in [1.29, 1.82) is 0 Å². The summed E-state index contributed by atoms with van der Waals surface area (Å²) in [4.78, 5) is 12.5. The van der Waals surface area contributed by atoms with E-state index in [1.54, 1.807) is 11.3 Å². The zero-order chi connectivity index (χ0) is 13.0. The largest absolute Gasteiger partial charge is 0.336 e. The van der Waals surface area contributed by atoms with Crippen LogP contribution < -0.4 is 4.90 Å². The standard InChI is InChI=1S/C13H16ClN3S/c1-3-17(9-12-5-4-6-18-12)13-15-10(2)7-11(8-14)16-13/h4-7H,3,8-9H2,1-2H3. The van der Waals surface area contributed by atoms with Crippen molar-refractivity contribution in [2.75, 3.05) is 11.4 Å². The topological polar surface area (TPSA) is 29.0 Å². The Kier molecular flexibility index (Phi) is 4.55. The Morgan fingerprint density at radius 2 is 2.22 bits per heavy atom. The first-order valence-corrected chi connectivity index (χ1v) is 7.32. The van der Waals surface area contributed by atoms with Crippen LogP contribution >= 0.6 is 22.9 Å². The number of nitrogens with zero attached hydrogens (tertiary/aromatic N) is 3. The zero-order valence-electron chi connectivity index (χ0n) is 10.6. The second kappa shape index (κ2) is 6.16. The van der Waals surface area contributed by atoms with Gasteiger partial charge in [0, 0.05) is 17.1 Å². The SMILES string of the molecule is CCN(Cc1cccs1)c1nc(C)cc(CCl)n1. The first-order chi connectivity index (χ1) is 8.72. The van der Waals surface area contributed by atoms with Crippen LogP contribution in [0, 0.1) is 6.92 Å². The predicted molar refractivity (Wildman–Crippen MR) is 77.4 cm³/mol. The van der Waals surface area contributed by atoms with Crippen LogP contribution in [0.3, 0.4) is 0 Å². The van der Waals surface area contributed by atoms with Crippen molar-refractivity contribution in [3.05, 3.63) is 39.8 Å². The van der Waals surface area contributed by atoms with E-state index in [1.807, 2.05) is 13.0 Å². The van der Waals surface area contributed by atoms with Crippen LogP contribution in [0.1, 0.15) is 23.2 Å². The summed E-state index contributed by atoms with van der Waals surface area (Å²) in [6.45, 7) is 5.81. The summed E-state index contributed by atoms with van der Waals surface area (Å²) in [5.74, 6) is 1.19. The summed E-state index contributed by atoms with van der Waals surface area (Å²) in [6, 6.07) is 6.12. The fourth-order valence-corrected chi connectivity index (χ4v) is 2.60. The molecule has 0 fully saturated rings. The number of aromatic nitrogens is 2. The third-order valence-corrected chi connectivity index (χ3v) is 3.76. The van der Waals surface area contributed by atoms with E-state index < -0.39 is 0 Å². The van der Waals surface area contributed by atoms with E-state index in [9.17, 15) is 0 Å². The molecule has 0 saturated carbocycles. The van der Waals surface area contributed by atoms with Gasteiger partial charge in [0.15, 0.2) is 0 Å². The predicted octanol–water partition coefficient (Wildman–Crippen LogP) is 3.61. The Hall–Kier alpha value is -1.13. The molecule has 2 aromatic heterocycles. The van der Waals surface area contributed by atoms with Crippen LogP contribution in [-0.4, -0.2) is 16.5 Å². The minimum Gasteiger partial charge on any atom is -0.336 e. The highest BCUT2D eigenvalue weighted by atomic mass is 35.5. The van der Waals surface area contributed by atoms with Crippen molar-refractivity contribution in [1.82, 2.24) is 9.97 Å². The molecule has 0 aliphatic carbocycles. The lowest BCUT2D eigenvalue weighted by Gasteiger charge is -2.20. The minimum absolute atomic E-state index is 0.424. The summed E-state index contributed by atoms with van der Waals surface area (Å²) in [6.07, 6.45) is 0. The second-order valence-electron chi connectivity index (χ2n) is 4.03. The molecule has 0 aromatic carbocycles. The maximum atomic E-state index is 5.85. The van der Waals surface area contributed by atoms with Crippen LogP contribution in [-0.2, 0) is 12.4 Å². The molecule has 0 unspecified atom stereocenters. The molecule has 0 aliphatic heterocycles. The van der Waals surface area contributed by atoms with Crippen molar-refractivity contribution in [2.24, 2.45) is 0 Å². The number of hydrogen-bond acceptors (Lipinski definition) is 4. The average molecular weight is 282 g/mol. The molecule has 0 aliphatic rings. The monoisotopic (exact) mass is 281 g/mol. The van der Waals surface area contributed by atoms with Crippen molar-refractivity contribution >= 4 is 28.9 Å². The van der Waals surface area contributed by atoms with Crippen LogP contribution in [0.25, 0.3) is 0 Å².